The Bertz CT molecular complexity index is 743. The van der Waals surface area contributed by atoms with Crippen molar-refractivity contribution < 1.29 is 21.6 Å². The topological polar surface area (TPSA) is 147 Å². The normalized spacial score (nSPS) is 12.0. The number of likely N-dealkylation sites (N-methyl/N-ethyl adjacent to an activating group) is 1. The van der Waals surface area contributed by atoms with E-state index in [0.29, 0.717) is 0 Å². The molecule has 21 heavy (non-hydrogen) atoms. The summed E-state index contributed by atoms with van der Waals surface area (Å²) < 4.78 is 49.3. The van der Waals surface area contributed by atoms with E-state index in [2.05, 4.69) is 10.7 Å². The summed E-state index contributed by atoms with van der Waals surface area (Å²) in [4.78, 5) is 10.6. The maximum Gasteiger partial charge on any atom is 0.243 e. The molecular weight excluding hydrogens is 320 g/mol. The molecule has 0 unspecified atom stereocenters. The first-order valence-electron chi connectivity index (χ1n) is 5.63. The van der Waals surface area contributed by atoms with Crippen molar-refractivity contribution >= 4 is 31.5 Å². The van der Waals surface area contributed by atoms with Gasteiger partial charge in [-0.2, -0.15) is 0 Å². The number of anilines is 1. The molecular formula is C10H16N4O5S2. The molecule has 0 heterocycles. The highest BCUT2D eigenvalue weighted by molar-refractivity contribution is 7.91. The van der Waals surface area contributed by atoms with Crippen LogP contribution in [-0.2, 0) is 24.7 Å². The summed E-state index contributed by atoms with van der Waals surface area (Å²) in [5.41, 5.74) is 2.17. The first-order valence-corrected chi connectivity index (χ1v) is 9.00. The van der Waals surface area contributed by atoms with Gasteiger partial charge >= 0.3 is 0 Å². The highest BCUT2D eigenvalue weighted by atomic mass is 32.2. The quantitative estimate of drug-likeness (QED) is 0.361. The standard InChI is InChI=1S/C10H16N4O5S2/c1-12-10(15)6-13-21(18,19)9-5-7(20(2,16)17)3-4-8(9)14-11/h3-5,13-14H,6,11H2,1-2H3,(H,12,15). The van der Waals surface area contributed by atoms with Crippen molar-refractivity contribution in [1.29, 1.82) is 0 Å². The Balaban J connectivity index is 3.29. The lowest BCUT2D eigenvalue weighted by atomic mass is 10.3. The smallest absolute Gasteiger partial charge is 0.243 e. The maximum atomic E-state index is 12.1. The van der Waals surface area contributed by atoms with Gasteiger partial charge in [0.1, 0.15) is 4.90 Å². The molecule has 11 heteroatoms. The molecule has 0 bridgehead atoms. The van der Waals surface area contributed by atoms with Gasteiger partial charge in [-0.05, 0) is 18.2 Å². The lowest BCUT2D eigenvalue weighted by Crippen LogP contribution is -2.35. The van der Waals surface area contributed by atoms with Gasteiger partial charge < -0.3 is 10.7 Å². The summed E-state index contributed by atoms with van der Waals surface area (Å²) in [6.07, 6.45) is 0.951. The highest BCUT2D eigenvalue weighted by Crippen LogP contribution is 2.24. The first-order chi connectivity index (χ1) is 9.61. The molecule has 0 radical (unpaired) electrons. The third kappa shape index (κ3) is 4.39. The van der Waals surface area contributed by atoms with E-state index < -0.39 is 32.3 Å². The summed E-state index contributed by atoms with van der Waals surface area (Å²) in [5.74, 6) is 4.68. The molecule has 1 aromatic carbocycles. The van der Waals surface area contributed by atoms with Crippen LogP contribution in [0.5, 0.6) is 0 Å². The van der Waals surface area contributed by atoms with Crippen LogP contribution in [0.3, 0.4) is 0 Å². The minimum Gasteiger partial charge on any atom is -0.358 e. The Morgan fingerprint density at radius 2 is 1.86 bits per heavy atom. The van der Waals surface area contributed by atoms with Crippen LogP contribution in [0.25, 0.3) is 0 Å². The molecule has 5 N–H and O–H groups in total. The van der Waals surface area contributed by atoms with Crippen LogP contribution in [0.15, 0.2) is 28.0 Å². The van der Waals surface area contributed by atoms with Crippen molar-refractivity contribution in [2.45, 2.75) is 9.79 Å². The molecule has 1 aromatic rings. The molecule has 9 nitrogen and oxygen atoms in total. The number of rotatable bonds is 6. The predicted octanol–water partition coefficient (Wildman–Crippen LogP) is -1.60. The number of sulfone groups is 1. The number of carbonyl (C=O) groups excluding carboxylic acids is 1. The molecule has 0 aromatic heterocycles. The lowest BCUT2D eigenvalue weighted by molar-refractivity contribution is -0.119. The molecule has 0 saturated heterocycles. The van der Waals surface area contributed by atoms with Crippen molar-refractivity contribution in [2.75, 3.05) is 25.3 Å². The zero-order chi connectivity index (χ0) is 16.3. The maximum absolute atomic E-state index is 12.1. The monoisotopic (exact) mass is 336 g/mol. The number of benzene rings is 1. The van der Waals surface area contributed by atoms with Gasteiger partial charge in [0.05, 0.1) is 17.1 Å². The molecule has 0 saturated carbocycles. The molecule has 1 rings (SSSR count). The number of hydrogen-bond acceptors (Lipinski definition) is 7. The van der Waals surface area contributed by atoms with Gasteiger partial charge in [-0.25, -0.2) is 21.6 Å². The van der Waals surface area contributed by atoms with Crippen molar-refractivity contribution in [2.24, 2.45) is 5.84 Å². The average Bonchev–Trinajstić information content (AvgIpc) is 2.43. The van der Waals surface area contributed by atoms with Crippen LogP contribution in [0.4, 0.5) is 5.69 Å². The first kappa shape index (κ1) is 17.4. The predicted molar refractivity (Wildman–Crippen MR) is 76.6 cm³/mol. The number of nitrogens with two attached hydrogens (primary N) is 1. The number of nitrogens with one attached hydrogen (secondary N) is 3. The minimum absolute atomic E-state index is 0.00630. The van der Waals surface area contributed by atoms with Crippen molar-refractivity contribution in [3.63, 3.8) is 0 Å². The molecule has 0 aliphatic carbocycles. The van der Waals surface area contributed by atoms with Gasteiger partial charge in [0.2, 0.25) is 15.9 Å². The van der Waals surface area contributed by atoms with Crippen LogP contribution in [0.2, 0.25) is 0 Å². The number of hydrazine groups is 1. The largest absolute Gasteiger partial charge is 0.358 e. The summed E-state index contributed by atoms with van der Waals surface area (Å²) in [6, 6.07) is 3.42. The van der Waals surface area contributed by atoms with Crippen molar-refractivity contribution in [3.05, 3.63) is 18.2 Å². The van der Waals surface area contributed by atoms with E-state index in [1.165, 1.54) is 19.2 Å². The van der Waals surface area contributed by atoms with E-state index >= 15 is 0 Å². The minimum atomic E-state index is -4.11. The van der Waals surface area contributed by atoms with Gasteiger partial charge in [-0.3, -0.25) is 10.6 Å². The molecule has 0 aliphatic heterocycles. The van der Waals surface area contributed by atoms with Crippen LogP contribution in [0, 0.1) is 0 Å². The fourth-order valence-electron chi connectivity index (χ4n) is 1.40. The molecule has 118 valence electrons. The van der Waals surface area contributed by atoms with Crippen LogP contribution >= 0.6 is 0 Å². The summed E-state index contributed by atoms with van der Waals surface area (Å²) in [5, 5.41) is 2.25. The second-order valence-corrected chi connectivity index (χ2v) is 7.82. The number of nitrogen functional groups attached to an aromatic ring is 1. The SMILES string of the molecule is CNC(=O)CNS(=O)(=O)c1cc(S(C)(=O)=O)ccc1NN. The van der Waals surface area contributed by atoms with E-state index in [4.69, 9.17) is 5.84 Å². The zero-order valence-electron chi connectivity index (χ0n) is 11.4. The summed E-state index contributed by atoms with van der Waals surface area (Å²) >= 11 is 0. The Morgan fingerprint density at radius 3 is 2.33 bits per heavy atom. The number of carbonyl (C=O) groups is 1. The Morgan fingerprint density at radius 1 is 1.24 bits per heavy atom. The molecule has 0 aliphatic rings. The van der Waals surface area contributed by atoms with E-state index in [9.17, 15) is 21.6 Å². The summed E-state index contributed by atoms with van der Waals surface area (Å²) in [7, 11) is -6.34. The van der Waals surface area contributed by atoms with Gasteiger partial charge in [0, 0.05) is 13.3 Å². The fourth-order valence-corrected chi connectivity index (χ4v) is 3.30. The van der Waals surface area contributed by atoms with Gasteiger partial charge in [-0.15, -0.1) is 0 Å². The molecule has 0 fully saturated rings. The lowest BCUT2D eigenvalue weighted by Gasteiger charge is -2.12. The Kier molecular flexibility index (Phi) is 5.28. The van der Waals surface area contributed by atoms with E-state index in [1.54, 1.807) is 0 Å². The van der Waals surface area contributed by atoms with E-state index in [0.717, 1.165) is 12.3 Å². The third-order valence-electron chi connectivity index (χ3n) is 2.53. The van der Waals surface area contributed by atoms with Crippen LogP contribution < -0.4 is 21.3 Å². The third-order valence-corrected chi connectivity index (χ3v) is 5.08. The van der Waals surface area contributed by atoms with Gasteiger partial charge in [0.25, 0.3) is 0 Å². The second-order valence-electron chi connectivity index (χ2n) is 4.07. The van der Waals surface area contributed by atoms with Crippen molar-refractivity contribution in [1.82, 2.24) is 10.0 Å². The highest BCUT2D eigenvalue weighted by Gasteiger charge is 2.22. The Labute approximate surface area is 122 Å². The molecule has 0 atom stereocenters. The van der Waals surface area contributed by atoms with Crippen LogP contribution in [-0.4, -0.2) is 42.6 Å². The van der Waals surface area contributed by atoms with Gasteiger partial charge in [0.15, 0.2) is 9.84 Å². The van der Waals surface area contributed by atoms with Crippen LogP contribution in [0.1, 0.15) is 0 Å². The van der Waals surface area contributed by atoms with E-state index in [1.807, 2.05) is 4.72 Å². The number of sulfonamides is 1. The fraction of sp³-hybridized carbons (Fsp3) is 0.300. The van der Waals surface area contributed by atoms with E-state index in [-0.39, 0.29) is 15.5 Å². The van der Waals surface area contributed by atoms with Crippen molar-refractivity contribution in [3.8, 4) is 0 Å². The van der Waals surface area contributed by atoms with Gasteiger partial charge in [-0.1, -0.05) is 0 Å². The Hall–Kier alpha value is -1.69. The number of hydrogen-bond donors (Lipinski definition) is 4. The zero-order valence-corrected chi connectivity index (χ0v) is 13.0. The average molecular weight is 336 g/mol. The number of amides is 1. The molecule has 0 spiro atoms. The second kappa shape index (κ2) is 6.39. The summed E-state index contributed by atoms with van der Waals surface area (Å²) in [6.45, 7) is -0.480. The molecule has 1 amide bonds.